The molecular formula is C36H49NO3. The Morgan fingerprint density at radius 1 is 1.00 bits per heavy atom. The number of nitrogens with zero attached hydrogens (tertiary/aromatic N) is 1. The monoisotopic (exact) mass is 543 g/mol. The Morgan fingerprint density at radius 3 is 2.33 bits per heavy atom. The molecule has 216 valence electrons. The first-order valence-corrected chi connectivity index (χ1v) is 14.9. The second-order valence-corrected chi connectivity index (χ2v) is 11.7. The van der Waals surface area contributed by atoms with Crippen LogP contribution < -0.4 is 4.74 Å². The molecule has 0 unspecified atom stereocenters. The maximum Gasteiger partial charge on any atom is 0.249 e. The van der Waals surface area contributed by atoms with Gasteiger partial charge in [-0.3, -0.25) is 4.79 Å². The Bertz CT molecular complexity index is 1220. The third-order valence-electron chi connectivity index (χ3n) is 8.02. The molecule has 1 atom stereocenters. The van der Waals surface area contributed by atoms with Gasteiger partial charge in [-0.1, -0.05) is 59.7 Å². The zero-order valence-corrected chi connectivity index (χ0v) is 25.6. The summed E-state index contributed by atoms with van der Waals surface area (Å²) in [5.41, 5.74) is 6.76. The summed E-state index contributed by atoms with van der Waals surface area (Å²) in [6.45, 7) is 14.0. The van der Waals surface area contributed by atoms with Crippen molar-refractivity contribution in [3.63, 3.8) is 0 Å². The van der Waals surface area contributed by atoms with Gasteiger partial charge in [-0.25, -0.2) is 0 Å². The second kappa shape index (κ2) is 14.9. The molecule has 1 heterocycles. The molecule has 0 bridgehead atoms. The van der Waals surface area contributed by atoms with Crippen molar-refractivity contribution in [2.24, 2.45) is 0 Å². The topological polar surface area (TPSA) is 49.8 Å². The van der Waals surface area contributed by atoms with Gasteiger partial charge in [-0.05, 0) is 122 Å². The minimum absolute atomic E-state index is 0.125. The van der Waals surface area contributed by atoms with Gasteiger partial charge in [0.2, 0.25) is 5.91 Å². The van der Waals surface area contributed by atoms with E-state index in [4.69, 9.17) is 4.74 Å². The Labute approximate surface area is 242 Å². The largest absolute Gasteiger partial charge is 0.508 e. The van der Waals surface area contributed by atoms with E-state index in [1.54, 1.807) is 6.07 Å². The molecule has 1 aliphatic heterocycles. The molecule has 2 aromatic rings. The molecule has 40 heavy (non-hydrogen) atoms. The third-order valence-corrected chi connectivity index (χ3v) is 8.02. The van der Waals surface area contributed by atoms with E-state index in [2.05, 4.69) is 51.1 Å². The molecule has 0 radical (unpaired) electrons. The number of carbonyl (C=O) groups excluding carboxylic acids is 1. The number of phenols is 1. The van der Waals surface area contributed by atoms with E-state index in [1.807, 2.05) is 49.9 Å². The molecule has 0 spiro atoms. The van der Waals surface area contributed by atoms with Gasteiger partial charge in [-0.15, -0.1) is 0 Å². The number of aryl methyl sites for hydroxylation is 2. The first kappa shape index (κ1) is 31.3. The lowest BCUT2D eigenvalue weighted by molar-refractivity contribution is -0.127. The van der Waals surface area contributed by atoms with Crippen LogP contribution in [0.3, 0.4) is 0 Å². The standard InChI is InChI=1S/C36H49NO3/c1-7-37(26-31-19-9-8-10-20-31)35(39)29(4)18-12-16-27(2)14-11-15-28(3)17-13-22-36(6)23-21-32-25-33(38)24-30(5)34(32)40-36/h8-10,14,17-20,24-25,38H,7,11-13,15-16,21-23,26H2,1-6H3/b27-14+,28-17+,29-18+/t36-/m1/s1. The summed E-state index contributed by atoms with van der Waals surface area (Å²) < 4.78 is 6.44. The molecule has 0 saturated carbocycles. The Kier molecular flexibility index (Phi) is 11.7. The summed E-state index contributed by atoms with van der Waals surface area (Å²) in [6.07, 6.45) is 14.7. The van der Waals surface area contributed by atoms with E-state index in [0.29, 0.717) is 18.8 Å². The van der Waals surface area contributed by atoms with Crippen LogP contribution in [0, 0.1) is 6.92 Å². The minimum Gasteiger partial charge on any atom is -0.508 e. The van der Waals surface area contributed by atoms with Gasteiger partial charge in [0.15, 0.2) is 0 Å². The first-order chi connectivity index (χ1) is 19.1. The summed E-state index contributed by atoms with van der Waals surface area (Å²) in [6, 6.07) is 13.8. The fourth-order valence-corrected chi connectivity index (χ4v) is 5.39. The van der Waals surface area contributed by atoms with Crippen LogP contribution in [0.5, 0.6) is 11.5 Å². The summed E-state index contributed by atoms with van der Waals surface area (Å²) in [4.78, 5) is 14.8. The molecule has 0 aliphatic carbocycles. The number of amides is 1. The lowest BCUT2D eigenvalue weighted by atomic mass is 9.87. The van der Waals surface area contributed by atoms with Crippen LogP contribution in [0.1, 0.15) is 96.3 Å². The van der Waals surface area contributed by atoms with Gasteiger partial charge in [0, 0.05) is 18.7 Å². The summed E-state index contributed by atoms with van der Waals surface area (Å²) in [7, 11) is 0. The number of hydrogen-bond donors (Lipinski definition) is 1. The van der Waals surface area contributed by atoms with E-state index in [1.165, 1.54) is 11.1 Å². The number of fused-ring (bicyclic) bond motifs is 1. The van der Waals surface area contributed by atoms with Gasteiger partial charge in [0.1, 0.15) is 17.1 Å². The summed E-state index contributed by atoms with van der Waals surface area (Å²) in [5.74, 6) is 1.41. The first-order valence-electron chi connectivity index (χ1n) is 14.9. The molecule has 0 aromatic heterocycles. The van der Waals surface area contributed by atoms with Gasteiger partial charge < -0.3 is 14.7 Å². The zero-order chi connectivity index (χ0) is 29.1. The highest BCUT2D eigenvalue weighted by molar-refractivity contribution is 5.92. The highest BCUT2D eigenvalue weighted by Gasteiger charge is 2.32. The molecule has 0 saturated heterocycles. The molecule has 1 amide bonds. The van der Waals surface area contributed by atoms with Crippen LogP contribution in [0.4, 0.5) is 0 Å². The molecule has 1 aliphatic rings. The molecular weight excluding hydrogens is 494 g/mol. The van der Waals surface area contributed by atoms with Crippen molar-refractivity contribution < 1.29 is 14.6 Å². The van der Waals surface area contributed by atoms with Crippen LogP contribution in [-0.2, 0) is 17.8 Å². The van der Waals surface area contributed by atoms with Crippen LogP contribution in [0.25, 0.3) is 0 Å². The average Bonchev–Trinajstić information content (AvgIpc) is 2.92. The van der Waals surface area contributed by atoms with E-state index in [0.717, 1.165) is 79.4 Å². The quantitative estimate of drug-likeness (QED) is 0.203. The molecule has 4 nitrogen and oxygen atoms in total. The number of carbonyl (C=O) groups is 1. The third kappa shape index (κ3) is 9.43. The number of benzene rings is 2. The maximum atomic E-state index is 12.9. The van der Waals surface area contributed by atoms with Crippen molar-refractivity contribution in [2.45, 2.75) is 105 Å². The molecule has 2 aromatic carbocycles. The van der Waals surface area contributed by atoms with Crippen LogP contribution in [-0.4, -0.2) is 28.1 Å². The Balaban J connectivity index is 1.39. The zero-order valence-electron chi connectivity index (χ0n) is 25.6. The van der Waals surface area contributed by atoms with Crippen molar-refractivity contribution in [3.8, 4) is 11.5 Å². The highest BCUT2D eigenvalue weighted by Crippen LogP contribution is 2.39. The molecule has 0 fully saturated rings. The maximum absolute atomic E-state index is 12.9. The van der Waals surface area contributed by atoms with Gasteiger partial charge in [0.05, 0.1) is 0 Å². The molecule has 1 N–H and O–H groups in total. The van der Waals surface area contributed by atoms with Crippen LogP contribution in [0.15, 0.2) is 77.4 Å². The highest BCUT2D eigenvalue weighted by atomic mass is 16.5. The fraction of sp³-hybridized carbons (Fsp3) is 0.472. The number of allylic oxidation sites excluding steroid dienone is 5. The van der Waals surface area contributed by atoms with Crippen LogP contribution >= 0.6 is 0 Å². The second-order valence-electron chi connectivity index (χ2n) is 11.7. The van der Waals surface area contributed by atoms with E-state index < -0.39 is 0 Å². The minimum atomic E-state index is -0.162. The number of ether oxygens (including phenoxy) is 1. The van der Waals surface area contributed by atoms with Crippen LogP contribution in [0.2, 0.25) is 0 Å². The normalized spacial score (nSPS) is 17.8. The van der Waals surface area contributed by atoms with Gasteiger partial charge >= 0.3 is 0 Å². The Hall–Kier alpha value is -3.27. The van der Waals surface area contributed by atoms with Crippen molar-refractivity contribution in [1.82, 2.24) is 4.90 Å². The van der Waals surface area contributed by atoms with Crippen molar-refractivity contribution >= 4 is 5.91 Å². The SMILES string of the molecule is CCN(Cc1ccccc1)C(=O)/C(C)=C/CC/C(C)=C/CC/C(C)=C/CC[C@]1(C)CCc2cc(O)cc(C)c2O1. The van der Waals surface area contributed by atoms with Gasteiger partial charge in [0.25, 0.3) is 0 Å². The summed E-state index contributed by atoms with van der Waals surface area (Å²) in [5, 5.41) is 9.88. The molecule has 4 heteroatoms. The van der Waals surface area contributed by atoms with E-state index in [-0.39, 0.29) is 11.5 Å². The number of likely N-dealkylation sites (N-methyl/N-ethyl adjacent to an activating group) is 1. The number of hydrogen-bond acceptors (Lipinski definition) is 3. The predicted molar refractivity (Wildman–Crippen MR) is 167 cm³/mol. The number of aromatic hydroxyl groups is 1. The number of rotatable bonds is 13. The average molecular weight is 544 g/mol. The van der Waals surface area contributed by atoms with Crippen molar-refractivity contribution in [1.29, 1.82) is 0 Å². The van der Waals surface area contributed by atoms with E-state index >= 15 is 0 Å². The lowest BCUT2D eigenvalue weighted by Gasteiger charge is -2.36. The smallest absolute Gasteiger partial charge is 0.249 e. The van der Waals surface area contributed by atoms with Crippen molar-refractivity contribution in [2.75, 3.05) is 6.54 Å². The predicted octanol–water partition coefficient (Wildman–Crippen LogP) is 9.01. The number of phenolic OH excluding ortho intramolecular Hbond substituents is 1. The van der Waals surface area contributed by atoms with Crippen molar-refractivity contribution in [3.05, 3.63) is 94.1 Å². The summed E-state index contributed by atoms with van der Waals surface area (Å²) >= 11 is 0. The fourth-order valence-electron chi connectivity index (χ4n) is 5.39. The van der Waals surface area contributed by atoms with Gasteiger partial charge in [-0.2, -0.15) is 0 Å². The molecule has 3 rings (SSSR count). The Morgan fingerprint density at radius 2 is 1.65 bits per heavy atom. The lowest BCUT2D eigenvalue weighted by Crippen LogP contribution is -2.36. The van der Waals surface area contributed by atoms with E-state index in [9.17, 15) is 9.90 Å².